The largest absolute Gasteiger partial charge is 0.491 e. The molecule has 0 fully saturated rings. The van der Waals surface area contributed by atoms with Gasteiger partial charge in [0.2, 0.25) is 0 Å². The number of carbonyl (C=O) groups excluding carboxylic acids is 1. The van der Waals surface area contributed by atoms with E-state index in [0.717, 1.165) is 24.2 Å². The molecule has 0 heterocycles. The number of ether oxygens (including phenoxy) is 1. The first-order valence-corrected chi connectivity index (χ1v) is 5.97. The summed E-state index contributed by atoms with van der Waals surface area (Å²) in [5.41, 5.74) is 0.740. The molecule has 0 aliphatic heterocycles. The number of hydrogen-bond donors (Lipinski definition) is 0. The van der Waals surface area contributed by atoms with Crippen molar-refractivity contribution in [3.63, 3.8) is 0 Å². The maximum Gasteiger partial charge on any atom is 0.162 e. The van der Waals surface area contributed by atoms with E-state index < -0.39 is 0 Å². The van der Waals surface area contributed by atoms with Crippen molar-refractivity contribution < 1.29 is 9.53 Å². The van der Waals surface area contributed by atoms with E-state index in [1.807, 2.05) is 31.2 Å². The van der Waals surface area contributed by atoms with E-state index in [1.54, 1.807) is 0 Å². The van der Waals surface area contributed by atoms with Crippen LogP contribution in [0.25, 0.3) is 0 Å². The number of Topliss-reactive ketones (excluding diaryl/α,β-unsaturated/α-hetero) is 1. The number of carbonyl (C=O) groups is 1. The summed E-state index contributed by atoms with van der Waals surface area (Å²) in [4.78, 5) is 11.5. The zero-order chi connectivity index (χ0) is 12.0. The third kappa shape index (κ3) is 3.69. The Bertz CT molecular complexity index is 344. The van der Waals surface area contributed by atoms with Crippen LogP contribution in [-0.4, -0.2) is 11.9 Å². The number of benzene rings is 1. The molecule has 2 heteroatoms. The van der Waals surface area contributed by atoms with Crippen molar-refractivity contribution in [3.8, 4) is 5.75 Å². The fraction of sp³-hybridized carbons (Fsp3) is 0.500. The Labute approximate surface area is 97.6 Å². The van der Waals surface area contributed by atoms with Crippen molar-refractivity contribution in [1.82, 2.24) is 0 Å². The second kappa shape index (κ2) is 6.31. The average Bonchev–Trinajstić information content (AvgIpc) is 2.28. The lowest BCUT2D eigenvalue weighted by Gasteiger charge is -2.14. The van der Waals surface area contributed by atoms with Gasteiger partial charge >= 0.3 is 0 Å². The molecule has 0 saturated heterocycles. The zero-order valence-corrected chi connectivity index (χ0v) is 10.3. The molecule has 0 N–H and O–H groups in total. The van der Waals surface area contributed by atoms with Crippen LogP contribution in [0.15, 0.2) is 24.3 Å². The van der Waals surface area contributed by atoms with E-state index in [9.17, 15) is 4.79 Å². The monoisotopic (exact) mass is 220 g/mol. The standard InChI is InChI=1S/C14H20O2/c1-4-7-11(3)16-13-9-6-8-12(10-13)14(15)5-2/h6,8-11H,4-5,7H2,1-3H3. The zero-order valence-electron chi connectivity index (χ0n) is 10.3. The first kappa shape index (κ1) is 12.8. The van der Waals surface area contributed by atoms with Crippen molar-refractivity contribution in [2.45, 2.75) is 46.1 Å². The molecule has 0 saturated carbocycles. The number of hydrogen-bond acceptors (Lipinski definition) is 2. The summed E-state index contributed by atoms with van der Waals surface area (Å²) in [5, 5.41) is 0. The molecule has 0 bridgehead atoms. The summed E-state index contributed by atoms with van der Waals surface area (Å²) in [6.45, 7) is 6.06. The molecule has 0 spiro atoms. The Balaban J connectivity index is 2.70. The molecular formula is C14H20O2. The van der Waals surface area contributed by atoms with Crippen LogP contribution >= 0.6 is 0 Å². The summed E-state index contributed by atoms with van der Waals surface area (Å²) in [6, 6.07) is 7.44. The molecule has 1 atom stereocenters. The van der Waals surface area contributed by atoms with Crippen molar-refractivity contribution >= 4 is 5.78 Å². The van der Waals surface area contributed by atoms with Gasteiger partial charge in [0, 0.05) is 12.0 Å². The molecule has 0 aliphatic rings. The van der Waals surface area contributed by atoms with E-state index in [0.29, 0.717) is 6.42 Å². The maximum atomic E-state index is 11.5. The third-order valence-electron chi connectivity index (χ3n) is 2.51. The predicted octanol–water partition coefficient (Wildman–Crippen LogP) is 3.85. The Morgan fingerprint density at radius 1 is 1.38 bits per heavy atom. The highest BCUT2D eigenvalue weighted by Crippen LogP contribution is 2.17. The fourth-order valence-corrected chi connectivity index (χ4v) is 1.64. The minimum absolute atomic E-state index is 0.161. The average molecular weight is 220 g/mol. The fourth-order valence-electron chi connectivity index (χ4n) is 1.64. The molecular weight excluding hydrogens is 200 g/mol. The molecule has 0 radical (unpaired) electrons. The highest BCUT2D eigenvalue weighted by Gasteiger charge is 2.06. The van der Waals surface area contributed by atoms with Gasteiger partial charge in [-0.05, 0) is 25.5 Å². The van der Waals surface area contributed by atoms with Crippen LogP contribution in [0.4, 0.5) is 0 Å². The van der Waals surface area contributed by atoms with Crippen LogP contribution in [0.2, 0.25) is 0 Å². The van der Waals surface area contributed by atoms with Crippen LogP contribution in [0.5, 0.6) is 5.75 Å². The molecule has 0 aromatic heterocycles. The quantitative estimate of drug-likeness (QED) is 0.681. The van der Waals surface area contributed by atoms with Gasteiger partial charge in [0.05, 0.1) is 6.10 Å². The van der Waals surface area contributed by atoms with E-state index in [-0.39, 0.29) is 11.9 Å². The Morgan fingerprint density at radius 3 is 2.75 bits per heavy atom. The van der Waals surface area contributed by atoms with Crippen molar-refractivity contribution in [3.05, 3.63) is 29.8 Å². The summed E-state index contributed by atoms with van der Waals surface area (Å²) in [6.07, 6.45) is 2.88. The van der Waals surface area contributed by atoms with Gasteiger partial charge in [0.15, 0.2) is 5.78 Å². The van der Waals surface area contributed by atoms with Gasteiger partial charge in [0.1, 0.15) is 5.75 Å². The third-order valence-corrected chi connectivity index (χ3v) is 2.51. The molecule has 1 rings (SSSR count). The van der Waals surface area contributed by atoms with Crippen molar-refractivity contribution in [1.29, 1.82) is 0 Å². The van der Waals surface area contributed by atoms with Gasteiger partial charge in [-0.2, -0.15) is 0 Å². The molecule has 1 aromatic carbocycles. The lowest BCUT2D eigenvalue weighted by Crippen LogP contribution is -2.11. The molecule has 1 unspecified atom stereocenters. The summed E-state index contributed by atoms with van der Waals surface area (Å²) in [7, 11) is 0. The maximum absolute atomic E-state index is 11.5. The van der Waals surface area contributed by atoms with Crippen LogP contribution < -0.4 is 4.74 Å². The minimum atomic E-state index is 0.161. The second-order valence-corrected chi connectivity index (χ2v) is 4.02. The summed E-state index contributed by atoms with van der Waals surface area (Å²) in [5.74, 6) is 0.953. The smallest absolute Gasteiger partial charge is 0.162 e. The first-order valence-electron chi connectivity index (χ1n) is 5.97. The SMILES string of the molecule is CCCC(C)Oc1cccc(C(=O)CC)c1. The summed E-state index contributed by atoms with van der Waals surface area (Å²) < 4.78 is 5.74. The summed E-state index contributed by atoms with van der Waals surface area (Å²) >= 11 is 0. The lowest BCUT2D eigenvalue weighted by atomic mass is 10.1. The molecule has 0 amide bonds. The van der Waals surface area contributed by atoms with Gasteiger partial charge in [-0.3, -0.25) is 4.79 Å². The van der Waals surface area contributed by atoms with Gasteiger partial charge in [-0.1, -0.05) is 32.4 Å². The molecule has 2 nitrogen and oxygen atoms in total. The van der Waals surface area contributed by atoms with E-state index >= 15 is 0 Å². The molecule has 0 aliphatic carbocycles. The highest BCUT2D eigenvalue weighted by molar-refractivity contribution is 5.96. The normalized spacial score (nSPS) is 12.2. The minimum Gasteiger partial charge on any atom is -0.491 e. The molecule has 1 aromatic rings. The number of ketones is 1. The highest BCUT2D eigenvalue weighted by atomic mass is 16.5. The topological polar surface area (TPSA) is 26.3 Å². The Morgan fingerprint density at radius 2 is 2.12 bits per heavy atom. The van der Waals surface area contributed by atoms with Gasteiger partial charge in [0.25, 0.3) is 0 Å². The molecule has 88 valence electrons. The Kier molecular flexibility index (Phi) is 5.03. The number of rotatable bonds is 6. The van der Waals surface area contributed by atoms with Gasteiger partial charge in [-0.25, -0.2) is 0 Å². The van der Waals surface area contributed by atoms with E-state index in [1.165, 1.54) is 0 Å². The van der Waals surface area contributed by atoms with Gasteiger partial charge < -0.3 is 4.74 Å². The second-order valence-electron chi connectivity index (χ2n) is 4.02. The van der Waals surface area contributed by atoms with Crippen LogP contribution in [0, 0.1) is 0 Å². The van der Waals surface area contributed by atoms with Crippen LogP contribution in [0.3, 0.4) is 0 Å². The first-order chi connectivity index (χ1) is 7.67. The van der Waals surface area contributed by atoms with Crippen molar-refractivity contribution in [2.75, 3.05) is 0 Å². The van der Waals surface area contributed by atoms with E-state index in [4.69, 9.17) is 4.74 Å². The van der Waals surface area contributed by atoms with Crippen molar-refractivity contribution in [2.24, 2.45) is 0 Å². The van der Waals surface area contributed by atoms with Crippen LogP contribution in [-0.2, 0) is 0 Å². The Hall–Kier alpha value is -1.31. The molecule has 16 heavy (non-hydrogen) atoms. The lowest BCUT2D eigenvalue weighted by molar-refractivity contribution is 0.0987. The predicted molar refractivity (Wildman–Crippen MR) is 66.1 cm³/mol. The van der Waals surface area contributed by atoms with Crippen LogP contribution in [0.1, 0.15) is 50.4 Å². The van der Waals surface area contributed by atoms with E-state index in [2.05, 4.69) is 13.8 Å². The van der Waals surface area contributed by atoms with Gasteiger partial charge in [-0.15, -0.1) is 0 Å².